The fourth-order valence-corrected chi connectivity index (χ4v) is 2.60. The number of aromatic hydroxyl groups is 1. The van der Waals surface area contributed by atoms with Crippen LogP contribution in [0.25, 0.3) is 10.9 Å². The van der Waals surface area contributed by atoms with Crippen LogP contribution in [0.3, 0.4) is 0 Å². The molecule has 0 saturated heterocycles. The first-order valence-corrected chi connectivity index (χ1v) is 10.0. The second-order valence-corrected chi connectivity index (χ2v) is 11.5. The zero-order valence-electron chi connectivity index (χ0n) is 11.3. The molecule has 0 fully saturated rings. The van der Waals surface area contributed by atoms with Crippen LogP contribution in [0.2, 0.25) is 25.7 Å². The third kappa shape index (κ3) is 3.14. The Morgan fingerprint density at radius 2 is 1.94 bits per heavy atom. The molecule has 4 heteroatoms. The van der Waals surface area contributed by atoms with Gasteiger partial charge in [0.05, 0.1) is 12.3 Å². The number of rotatable bonds is 5. The van der Waals surface area contributed by atoms with Crippen LogP contribution in [0.15, 0.2) is 24.3 Å². The van der Waals surface area contributed by atoms with Crippen LogP contribution in [0, 0.1) is 0 Å². The van der Waals surface area contributed by atoms with E-state index in [-0.39, 0.29) is 0 Å². The molecule has 1 aromatic carbocycles. The Labute approximate surface area is 109 Å². The first kappa shape index (κ1) is 13.2. The molecule has 3 nitrogen and oxygen atoms in total. The minimum atomic E-state index is -1.04. The number of H-pyrrole nitrogens is 1. The Bertz CT molecular complexity index is 528. The number of benzene rings is 1. The molecule has 0 aliphatic carbocycles. The van der Waals surface area contributed by atoms with E-state index in [4.69, 9.17) is 4.74 Å². The first-order valence-electron chi connectivity index (χ1n) is 6.34. The van der Waals surface area contributed by atoms with Crippen LogP contribution in [-0.2, 0) is 11.3 Å². The van der Waals surface area contributed by atoms with Crippen LogP contribution in [0.4, 0.5) is 0 Å². The average Bonchev–Trinajstić information content (AvgIpc) is 2.62. The number of fused-ring (bicyclic) bond motifs is 1. The van der Waals surface area contributed by atoms with Gasteiger partial charge in [-0.1, -0.05) is 31.8 Å². The van der Waals surface area contributed by atoms with E-state index in [1.54, 1.807) is 0 Å². The molecule has 1 aromatic heterocycles. The van der Waals surface area contributed by atoms with Gasteiger partial charge in [-0.3, -0.25) is 0 Å². The van der Waals surface area contributed by atoms with Crippen molar-refractivity contribution >= 4 is 19.0 Å². The molecular weight excluding hydrogens is 242 g/mol. The average molecular weight is 263 g/mol. The van der Waals surface area contributed by atoms with Crippen LogP contribution in [0.5, 0.6) is 5.75 Å². The summed E-state index contributed by atoms with van der Waals surface area (Å²) in [7, 11) is -1.04. The van der Waals surface area contributed by atoms with Crippen molar-refractivity contribution < 1.29 is 9.84 Å². The summed E-state index contributed by atoms with van der Waals surface area (Å²) in [6.07, 6.45) is 0. The van der Waals surface area contributed by atoms with Crippen LogP contribution in [0.1, 0.15) is 5.69 Å². The van der Waals surface area contributed by atoms with Gasteiger partial charge in [0.2, 0.25) is 0 Å². The molecular formula is C14H21NO2Si. The molecule has 0 radical (unpaired) electrons. The van der Waals surface area contributed by atoms with Gasteiger partial charge in [0, 0.05) is 25.6 Å². The maximum atomic E-state index is 10.0. The lowest BCUT2D eigenvalue weighted by molar-refractivity contribution is 0.129. The van der Waals surface area contributed by atoms with Crippen molar-refractivity contribution in [2.24, 2.45) is 0 Å². The molecule has 2 N–H and O–H groups in total. The van der Waals surface area contributed by atoms with Crippen molar-refractivity contribution in [3.05, 3.63) is 30.0 Å². The summed E-state index contributed by atoms with van der Waals surface area (Å²) >= 11 is 0. The molecule has 2 aromatic rings. The molecule has 0 atom stereocenters. The lowest BCUT2D eigenvalue weighted by atomic mass is 10.2. The summed E-state index contributed by atoms with van der Waals surface area (Å²) in [5.74, 6) is 0.318. The summed E-state index contributed by atoms with van der Waals surface area (Å²) in [5, 5.41) is 10.9. The third-order valence-corrected chi connectivity index (χ3v) is 4.70. The van der Waals surface area contributed by atoms with Crippen molar-refractivity contribution in [2.75, 3.05) is 6.61 Å². The maximum absolute atomic E-state index is 10.0. The van der Waals surface area contributed by atoms with Crippen molar-refractivity contribution in [1.29, 1.82) is 0 Å². The summed E-state index contributed by atoms with van der Waals surface area (Å²) in [6, 6.07) is 8.89. The van der Waals surface area contributed by atoms with Gasteiger partial charge in [0.15, 0.2) is 0 Å². The highest BCUT2D eigenvalue weighted by molar-refractivity contribution is 6.76. The van der Waals surface area contributed by atoms with Crippen molar-refractivity contribution in [3.63, 3.8) is 0 Å². The van der Waals surface area contributed by atoms with Crippen molar-refractivity contribution in [3.8, 4) is 5.75 Å². The number of hydrogen-bond acceptors (Lipinski definition) is 2. The molecule has 0 aliphatic rings. The zero-order valence-corrected chi connectivity index (χ0v) is 12.3. The minimum Gasteiger partial charge on any atom is -0.505 e. The highest BCUT2D eigenvalue weighted by atomic mass is 28.3. The normalized spacial score (nSPS) is 12.2. The Balaban J connectivity index is 1.98. The third-order valence-electron chi connectivity index (χ3n) is 3.00. The van der Waals surface area contributed by atoms with E-state index in [0.29, 0.717) is 12.4 Å². The van der Waals surface area contributed by atoms with Gasteiger partial charge in [-0.15, -0.1) is 0 Å². The molecule has 98 valence electrons. The van der Waals surface area contributed by atoms with E-state index in [9.17, 15) is 5.11 Å². The van der Waals surface area contributed by atoms with E-state index in [0.717, 1.165) is 29.2 Å². The molecule has 0 amide bonds. The standard InChI is InChI=1S/C14H21NO2Si/c1-18(2,3)9-8-17-10-13-14(16)11-6-4-5-7-12(11)15-13/h4-7,15-16H,8-10H2,1-3H3. The Kier molecular flexibility index (Phi) is 3.78. The molecule has 18 heavy (non-hydrogen) atoms. The molecule has 2 rings (SSSR count). The van der Waals surface area contributed by atoms with E-state index >= 15 is 0 Å². The Hall–Kier alpha value is -1.26. The molecule has 0 unspecified atom stereocenters. The van der Waals surface area contributed by atoms with Gasteiger partial charge in [-0.2, -0.15) is 0 Å². The Morgan fingerprint density at radius 1 is 1.22 bits per heavy atom. The van der Waals surface area contributed by atoms with Crippen LogP contribution < -0.4 is 0 Å². The summed E-state index contributed by atoms with van der Waals surface area (Å²) in [6.45, 7) is 8.21. The van der Waals surface area contributed by atoms with Crippen molar-refractivity contribution in [1.82, 2.24) is 4.98 Å². The predicted octanol–water partition coefficient (Wildman–Crippen LogP) is 3.73. The molecule has 1 heterocycles. The highest BCUT2D eigenvalue weighted by Gasteiger charge is 2.13. The van der Waals surface area contributed by atoms with E-state index in [1.165, 1.54) is 0 Å². The van der Waals surface area contributed by atoms with Crippen LogP contribution in [-0.4, -0.2) is 24.8 Å². The predicted molar refractivity (Wildman–Crippen MR) is 77.8 cm³/mol. The summed E-state index contributed by atoms with van der Waals surface area (Å²) in [5.41, 5.74) is 1.73. The van der Waals surface area contributed by atoms with Gasteiger partial charge in [0.1, 0.15) is 5.75 Å². The number of aromatic amines is 1. The van der Waals surface area contributed by atoms with Gasteiger partial charge in [-0.05, 0) is 18.2 Å². The van der Waals surface area contributed by atoms with Crippen LogP contribution >= 0.6 is 0 Å². The van der Waals surface area contributed by atoms with Gasteiger partial charge in [-0.25, -0.2) is 0 Å². The molecule has 0 spiro atoms. The molecule has 0 bridgehead atoms. The van der Waals surface area contributed by atoms with Gasteiger partial charge >= 0.3 is 0 Å². The van der Waals surface area contributed by atoms with Crippen molar-refractivity contribution in [2.45, 2.75) is 32.3 Å². The first-order chi connectivity index (χ1) is 8.47. The number of ether oxygens (including phenoxy) is 1. The van der Waals surface area contributed by atoms with E-state index in [2.05, 4.69) is 24.6 Å². The zero-order chi connectivity index (χ0) is 13.2. The van der Waals surface area contributed by atoms with Gasteiger partial charge < -0.3 is 14.8 Å². The lowest BCUT2D eigenvalue weighted by Gasteiger charge is -2.15. The minimum absolute atomic E-state index is 0.318. The number of aromatic nitrogens is 1. The van der Waals surface area contributed by atoms with Gasteiger partial charge in [0.25, 0.3) is 0 Å². The quantitative estimate of drug-likeness (QED) is 0.638. The maximum Gasteiger partial charge on any atom is 0.146 e. The fraction of sp³-hybridized carbons (Fsp3) is 0.429. The molecule has 0 aliphatic heterocycles. The Morgan fingerprint density at radius 3 is 2.61 bits per heavy atom. The molecule has 0 saturated carbocycles. The number of nitrogens with one attached hydrogen (secondary N) is 1. The fourth-order valence-electron chi connectivity index (χ4n) is 1.84. The second-order valence-electron chi connectivity index (χ2n) is 5.86. The summed E-state index contributed by atoms with van der Waals surface area (Å²) in [4.78, 5) is 3.20. The second kappa shape index (κ2) is 5.16. The smallest absolute Gasteiger partial charge is 0.146 e. The topological polar surface area (TPSA) is 45.2 Å². The lowest BCUT2D eigenvalue weighted by Crippen LogP contribution is -2.21. The summed E-state index contributed by atoms with van der Waals surface area (Å²) < 4.78 is 5.65. The highest BCUT2D eigenvalue weighted by Crippen LogP contribution is 2.28. The largest absolute Gasteiger partial charge is 0.505 e. The monoisotopic (exact) mass is 263 g/mol. The van der Waals surface area contributed by atoms with E-state index < -0.39 is 8.07 Å². The SMILES string of the molecule is C[Si](C)(C)CCOCc1[nH]c2ccccc2c1O. The number of para-hydroxylation sites is 1. The van der Waals surface area contributed by atoms with E-state index in [1.807, 2.05) is 24.3 Å². The number of hydrogen-bond donors (Lipinski definition) is 2.